The highest BCUT2D eigenvalue weighted by Crippen LogP contribution is 2.33. The quantitative estimate of drug-likeness (QED) is 0.864. The first kappa shape index (κ1) is 13.1. The van der Waals surface area contributed by atoms with Crippen LogP contribution in [-0.2, 0) is 0 Å². The fraction of sp³-hybridized carbons (Fsp3) is 0.562. The Morgan fingerprint density at radius 1 is 1.28 bits per heavy atom. The molecule has 18 heavy (non-hydrogen) atoms. The Balaban J connectivity index is 2.36. The van der Waals surface area contributed by atoms with Gasteiger partial charge in [0, 0.05) is 0 Å². The summed E-state index contributed by atoms with van der Waals surface area (Å²) >= 11 is 0. The molecule has 2 rings (SSSR count). The summed E-state index contributed by atoms with van der Waals surface area (Å²) < 4.78 is 0. The lowest BCUT2D eigenvalue weighted by Gasteiger charge is -2.28. The van der Waals surface area contributed by atoms with Gasteiger partial charge in [-0.15, -0.1) is 0 Å². The molecule has 1 aliphatic heterocycles. The van der Waals surface area contributed by atoms with Crippen LogP contribution in [0.4, 0.5) is 0 Å². The minimum absolute atomic E-state index is 0.0402. The second-order valence-corrected chi connectivity index (χ2v) is 5.53. The van der Waals surface area contributed by atoms with Gasteiger partial charge in [-0.05, 0) is 69.3 Å². The molecule has 0 saturated carbocycles. The van der Waals surface area contributed by atoms with Crippen molar-refractivity contribution < 1.29 is 0 Å². The maximum atomic E-state index is 9.57. The first-order chi connectivity index (χ1) is 8.63. The van der Waals surface area contributed by atoms with E-state index >= 15 is 0 Å². The molecule has 2 heteroatoms. The van der Waals surface area contributed by atoms with Crippen LogP contribution in [0.2, 0.25) is 0 Å². The number of nitriles is 1. The predicted octanol–water partition coefficient (Wildman–Crippen LogP) is 3.22. The van der Waals surface area contributed by atoms with Crippen LogP contribution in [0.25, 0.3) is 0 Å². The van der Waals surface area contributed by atoms with Gasteiger partial charge in [-0.1, -0.05) is 17.7 Å². The van der Waals surface area contributed by atoms with E-state index in [2.05, 4.69) is 44.3 Å². The molecule has 2 unspecified atom stereocenters. The second kappa shape index (κ2) is 5.54. The highest BCUT2D eigenvalue weighted by atomic mass is 14.9. The van der Waals surface area contributed by atoms with Crippen molar-refractivity contribution in [1.29, 1.82) is 5.26 Å². The Kier molecular flexibility index (Phi) is 4.04. The van der Waals surface area contributed by atoms with E-state index < -0.39 is 0 Å². The van der Waals surface area contributed by atoms with Crippen LogP contribution in [-0.4, -0.2) is 13.1 Å². The minimum atomic E-state index is 0.0402. The van der Waals surface area contributed by atoms with Crippen LogP contribution in [0.5, 0.6) is 0 Å². The van der Waals surface area contributed by atoms with Crippen molar-refractivity contribution in [3.63, 3.8) is 0 Å². The minimum Gasteiger partial charge on any atom is -0.316 e. The van der Waals surface area contributed by atoms with Gasteiger partial charge in [0.15, 0.2) is 0 Å². The fourth-order valence-electron chi connectivity index (χ4n) is 3.25. The molecule has 2 atom stereocenters. The molecule has 0 aromatic heterocycles. The summed E-state index contributed by atoms with van der Waals surface area (Å²) in [4.78, 5) is 0. The van der Waals surface area contributed by atoms with Gasteiger partial charge in [0.05, 0.1) is 12.0 Å². The average molecular weight is 242 g/mol. The van der Waals surface area contributed by atoms with Crippen LogP contribution in [0.1, 0.15) is 41.0 Å². The second-order valence-electron chi connectivity index (χ2n) is 5.53. The van der Waals surface area contributed by atoms with Gasteiger partial charge in [-0.2, -0.15) is 5.26 Å². The molecule has 0 spiro atoms. The van der Waals surface area contributed by atoms with E-state index in [0.717, 1.165) is 19.5 Å². The third kappa shape index (κ3) is 2.57. The number of rotatable bonds is 2. The van der Waals surface area contributed by atoms with Gasteiger partial charge in [0.1, 0.15) is 0 Å². The monoisotopic (exact) mass is 242 g/mol. The molecule has 0 amide bonds. The van der Waals surface area contributed by atoms with Crippen LogP contribution in [0, 0.1) is 38.0 Å². The molecule has 1 heterocycles. The Morgan fingerprint density at radius 3 is 2.44 bits per heavy atom. The molecule has 96 valence electrons. The summed E-state index contributed by atoms with van der Waals surface area (Å²) in [7, 11) is 0. The van der Waals surface area contributed by atoms with Crippen molar-refractivity contribution in [3.8, 4) is 6.07 Å². The third-order valence-corrected chi connectivity index (χ3v) is 3.99. The van der Waals surface area contributed by atoms with Crippen LogP contribution in [0.3, 0.4) is 0 Å². The zero-order chi connectivity index (χ0) is 13.1. The Morgan fingerprint density at radius 2 is 1.94 bits per heavy atom. The molecule has 1 fully saturated rings. The van der Waals surface area contributed by atoms with Gasteiger partial charge in [-0.25, -0.2) is 0 Å². The molecule has 2 nitrogen and oxygen atoms in total. The zero-order valence-electron chi connectivity index (χ0n) is 11.6. The van der Waals surface area contributed by atoms with Gasteiger partial charge in [-0.3, -0.25) is 0 Å². The zero-order valence-corrected chi connectivity index (χ0v) is 11.6. The maximum Gasteiger partial charge on any atom is 0.0758 e. The molecule has 1 aromatic carbocycles. The lowest BCUT2D eigenvalue weighted by molar-refractivity contribution is 0.353. The normalized spacial score (nSPS) is 21.3. The van der Waals surface area contributed by atoms with Gasteiger partial charge >= 0.3 is 0 Å². The molecule has 1 saturated heterocycles. The first-order valence-electron chi connectivity index (χ1n) is 6.81. The number of aryl methyl sites for hydroxylation is 3. The lowest BCUT2D eigenvalue weighted by atomic mass is 9.79. The van der Waals surface area contributed by atoms with E-state index in [0.29, 0.717) is 5.92 Å². The van der Waals surface area contributed by atoms with Crippen LogP contribution in [0.15, 0.2) is 12.1 Å². The summed E-state index contributed by atoms with van der Waals surface area (Å²) in [6, 6.07) is 6.94. The van der Waals surface area contributed by atoms with E-state index in [1.807, 2.05) is 0 Å². The topological polar surface area (TPSA) is 35.8 Å². The molecule has 0 radical (unpaired) electrons. The Labute approximate surface area is 110 Å². The van der Waals surface area contributed by atoms with Crippen molar-refractivity contribution in [2.24, 2.45) is 5.92 Å². The highest BCUT2D eigenvalue weighted by molar-refractivity contribution is 5.42. The standard InChI is InChI=1S/C16H22N2/c1-11-7-12(2)16(13(3)8-11)15(9-17)14-5-4-6-18-10-14/h7-8,14-15,18H,4-6,10H2,1-3H3. The molecule has 1 aliphatic rings. The number of piperidine rings is 1. The predicted molar refractivity (Wildman–Crippen MR) is 74.6 cm³/mol. The summed E-state index contributed by atoms with van der Waals surface area (Å²) in [5.41, 5.74) is 5.08. The summed E-state index contributed by atoms with van der Waals surface area (Å²) in [5, 5.41) is 13.0. The van der Waals surface area contributed by atoms with Gasteiger partial charge < -0.3 is 5.32 Å². The van der Waals surface area contributed by atoms with Crippen molar-refractivity contribution in [2.75, 3.05) is 13.1 Å². The largest absolute Gasteiger partial charge is 0.316 e. The number of nitrogens with one attached hydrogen (secondary N) is 1. The Hall–Kier alpha value is -1.33. The van der Waals surface area contributed by atoms with E-state index in [1.165, 1.54) is 28.7 Å². The van der Waals surface area contributed by atoms with Crippen molar-refractivity contribution in [3.05, 3.63) is 34.4 Å². The molecule has 0 bridgehead atoms. The summed E-state index contributed by atoms with van der Waals surface area (Å²) in [6.45, 7) is 8.46. The van der Waals surface area contributed by atoms with E-state index in [1.54, 1.807) is 0 Å². The van der Waals surface area contributed by atoms with Crippen molar-refractivity contribution in [1.82, 2.24) is 5.32 Å². The molecule has 1 aromatic rings. The van der Waals surface area contributed by atoms with Crippen LogP contribution >= 0.6 is 0 Å². The molecule has 1 N–H and O–H groups in total. The van der Waals surface area contributed by atoms with E-state index in [4.69, 9.17) is 0 Å². The summed E-state index contributed by atoms with van der Waals surface area (Å²) in [6.07, 6.45) is 2.35. The number of hydrogen-bond acceptors (Lipinski definition) is 2. The van der Waals surface area contributed by atoms with E-state index in [9.17, 15) is 5.26 Å². The SMILES string of the molecule is Cc1cc(C)c(C(C#N)C2CCCNC2)c(C)c1. The smallest absolute Gasteiger partial charge is 0.0758 e. The molecular weight excluding hydrogens is 220 g/mol. The maximum absolute atomic E-state index is 9.57. The number of hydrogen-bond donors (Lipinski definition) is 1. The third-order valence-electron chi connectivity index (χ3n) is 3.99. The van der Waals surface area contributed by atoms with E-state index in [-0.39, 0.29) is 5.92 Å². The fourth-order valence-corrected chi connectivity index (χ4v) is 3.25. The molecule has 0 aliphatic carbocycles. The van der Waals surface area contributed by atoms with Gasteiger partial charge in [0.2, 0.25) is 0 Å². The number of nitrogens with zero attached hydrogens (tertiary/aromatic N) is 1. The summed E-state index contributed by atoms with van der Waals surface area (Å²) in [5.74, 6) is 0.502. The average Bonchev–Trinajstić information content (AvgIpc) is 2.34. The van der Waals surface area contributed by atoms with Crippen molar-refractivity contribution in [2.45, 2.75) is 39.5 Å². The molecular formula is C16H22N2. The lowest BCUT2D eigenvalue weighted by Crippen LogP contribution is -2.33. The van der Waals surface area contributed by atoms with Crippen LogP contribution < -0.4 is 5.32 Å². The highest BCUT2D eigenvalue weighted by Gasteiger charge is 2.27. The number of benzene rings is 1. The van der Waals surface area contributed by atoms with Gasteiger partial charge in [0.25, 0.3) is 0 Å². The van der Waals surface area contributed by atoms with Crippen molar-refractivity contribution >= 4 is 0 Å². The first-order valence-corrected chi connectivity index (χ1v) is 6.81. The Bertz CT molecular complexity index is 441.